The zero-order chi connectivity index (χ0) is 19.7. The lowest BCUT2D eigenvalue weighted by molar-refractivity contribution is 0.0697. The van der Waals surface area contributed by atoms with Crippen LogP contribution in [0.4, 0.5) is 9.80 Å². The van der Waals surface area contributed by atoms with E-state index in [0.717, 1.165) is 30.6 Å². The second-order valence-corrected chi connectivity index (χ2v) is 7.43. The summed E-state index contributed by atoms with van der Waals surface area (Å²) in [7, 11) is 3.20. The van der Waals surface area contributed by atoms with Crippen molar-refractivity contribution in [2.45, 2.75) is 52.4 Å². The average molecular weight is 384 g/mol. The van der Waals surface area contributed by atoms with Crippen LogP contribution < -0.4 is 10.6 Å². The van der Waals surface area contributed by atoms with E-state index in [2.05, 4.69) is 17.6 Å². The Kier molecular flexibility index (Phi) is 9.12. The van der Waals surface area contributed by atoms with Gasteiger partial charge in [0.1, 0.15) is 5.00 Å². The minimum Gasteiger partial charge on any atom is -0.478 e. The monoisotopic (exact) mass is 383 g/mol. The first-order valence-electron chi connectivity index (χ1n) is 8.92. The van der Waals surface area contributed by atoms with E-state index < -0.39 is 12.0 Å². The van der Waals surface area contributed by atoms with E-state index in [0.29, 0.717) is 17.0 Å². The quantitative estimate of drug-likeness (QED) is 0.533. The Morgan fingerprint density at radius 3 is 2.27 bits per heavy atom. The Morgan fingerprint density at radius 1 is 1.08 bits per heavy atom. The summed E-state index contributed by atoms with van der Waals surface area (Å²) in [6, 6.07) is -0.453. The zero-order valence-electron chi connectivity index (χ0n) is 16.0. The van der Waals surface area contributed by atoms with E-state index in [1.165, 1.54) is 24.2 Å². The highest BCUT2D eigenvalue weighted by atomic mass is 32.1. The van der Waals surface area contributed by atoms with Crippen LogP contribution >= 0.6 is 11.3 Å². The molecule has 0 aromatic carbocycles. The van der Waals surface area contributed by atoms with E-state index in [-0.39, 0.29) is 16.5 Å². The van der Waals surface area contributed by atoms with Crippen molar-refractivity contribution in [3.05, 3.63) is 16.0 Å². The molecule has 0 aliphatic heterocycles. The number of hydrogen-bond acceptors (Lipinski definition) is 4. The number of nitrogens with zero attached hydrogens (tertiary/aromatic N) is 1. The molecule has 1 aromatic rings. The molecule has 146 valence electrons. The maximum absolute atomic E-state index is 12.2. The topological polar surface area (TPSA) is 98.7 Å². The van der Waals surface area contributed by atoms with Crippen LogP contribution in [-0.2, 0) is 0 Å². The Hall–Kier alpha value is -2.09. The fourth-order valence-corrected chi connectivity index (χ4v) is 3.74. The highest BCUT2D eigenvalue weighted by Gasteiger charge is 2.26. The van der Waals surface area contributed by atoms with Crippen LogP contribution in [-0.4, -0.2) is 48.6 Å². The number of carbonyl (C=O) groups excluding carboxylic acids is 2. The van der Waals surface area contributed by atoms with Crippen LogP contribution in [0.5, 0.6) is 0 Å². The summed E-state index contributed by atoms with van der Waals surface area (Å²) in [6.45, 7) is 4.28. The number of urea groups is 1. The summed E-state index contributed by atoms with van der Waals surface area (Å²) >= 11 is 0.988. The third-order valence-electron chi connectivity index (χ3n) is 4.00. The van der Waals surface area contributed by atoms with Gasteiger partial charge in [-0.1, -0.05) is 39.0 Å². The van der Waals surface area contributed by atoms with E-state index in [1.54, 1.807) is 21.0 Å². The van der Waals surface area contributed by atoms with Gasteiger partial charge in [0.15, 0.2) is 0 Å². The van der Waals surface area contributed by atoms with E-state index in [1.807, 2.05) is 0 Å². The highest BCUT2D eigenvalue weighted by molar-refractivity contribution is 7.18. The van der Waals surface area contributed by atoms with Gasteiger partial charge in [-0.25, -0.2) is 9.59 Å². The molecule has 0 fully saturated rings. The normalized spacial score (nSPS) is 10.5. The summed E-state index contributed by atoms with van der Waals surface area (Å²) < 4.78 is 0. The number of thiophene rings is 1. The number of rotatable bonds is 10. The third kappa shape index (κ3) is 6.33. The predicted molar refractivity (Wildman–Crippen MR) is 104 cm³/mol. The van der Waals surface area contributed by atoms with Gasteiger partial charge in [-0.3, -0.25) is 10.1 Å². The summed E-state index contributed by atoms with van der Waals surface area (Å²) in [5.41, 5.74) is 0.335. The van der Waals surface area contributed by atoms with Crippen molar-refractivity contribution < 1.29 is 19.5 Å². The maximum atomic E-state index is 12.2. The first kappa shape index (κ1) is 22.0. The number of nitrogens with one attached hydrogen (secondary N) is 2. The van der Waals surface area contributed by atoms with Crippen molar-refractivity contribution in [1.82, 2.24) is 10.2 Å². The largest absolute Gasteiger partial charge is 0.478 e. The molecule has 0 saturated heterocycles. The fourth-order valence-electron chi connectivity index (χ4n) is 2.52. The number of amides is 3. The van der Waals surface area contributed by atoms with E-state index >= 15 is 0 Å². The Balaban J connectivity index is 2.65. The van der Waals surface area contributed by atoms with Gasteiger partial charge in [0.05, 0.1) is 10.4 Å². The minimum atomic E-state index is -1.16. The van der Waals surface area contributed by atoms with Crippen molar-refractivity contribution in [3.8, 4) is 0 Å². The van der Waals surface area contributed by atoms with Crippen molar-refractivity contribution in [3.63, 3.8) is 0 Å². The first-order chi connectivity index (χ1) is 12.3. The zero-order valence-corrected chi connectivity index (χ0v) is 16.8. The van der Waals surface area contributed by atoms with E-state index in [9.17, 15) is 19.5 Å². The molecule has 7 nitrogen and oxygen atoms in total. The molecule has 26 heavy (non-hydrogen) atoms. The molecular formula is C18H29N3O4S. The molecule has 0 bridgehead atoms. The lowest BCUT2D eigenvalue weighted by atomic mass is 10.1. The minimum absolute atomic E-state index is 0.0325. The van der Waals surface area contributed by atoms with Gasteiger partial charge >= 0.3 is 12.0 Å². The van der Waals surface area contributed by atoms with Crippen molar-refractivity contribution in [1.29, 1.82) is 0 Å². The molecule has 1 heterocycles. The number of aromatic carboxylic acids is 1. The SMILES string of the molecule is CCCCCCCCNC(=O)Nc1sc(C(=O)N(C)C)c(C)c1C(=O)O. The predicted octanol–water partition coefficient (Wildman–Crippen LogP) is 3.94. The molecule has 0 unspecified atom stereocenters. The van der Waals surface area contributed by atoms with Crippen LogP contribution in [0, 0.1) is 6.92 Å². The first-order valence-corrected chi connectivity index (χ1v) is 9.74. The molecular weight excluding hydrogens is 354 g/mol. The van der Waals surface area contributed by atoms with Gasteiger partial charge in [0, 0.05) is 20.6 Å². The molecule has 0 aliphatic carbocycles. The van der Waals surface area contributed by atoms with Crippen molar-refractivity contribution in [2.24, 2.45) is 0 Å². The molecule has 0 saturated carbocycles. The molecule has 1 aromatic heterocycles. The summed E-state index contributed by atoms with van der Waals surface area (Å²) in [5, 5.41) is 14.9. The van der Waals surface area contributed by atoms with Gasteiger partial charge in [-0.05, 0) is 18.9 Å². The Bertz CT molecular complexity index is 641. The van der Waals surface area contributed by atoms with Gasteiger partial charge in [0.2, 0.25) is 0 Å². The lowest BCUT2D eigenvalue weighted by Crippen LogP contribution is -2.29. The highest BCUT2D eigenvalue weighted by Crippen LogP contribution is 2.33. The molecule has 3 N–H and O–H groups in total. The second kappa shape index (κ2) is 10.8. The second-order valence-electron chi connectivity index (χ2n) is 6.41. The summed E-state index contributed by atoms with van der Waals surface area (Å²) in [6.07, 6.45) is 6.74. The van der Waals surface area contributed by atoms with Crippen molar-refractivity contribution >= 4 is 34.2 Å². The van der Waals surface area contributed by atoms with Gasteiger partial charge in [-0.15, -0.1) is 11.3 Å². The van der Waals surface area contributed by atoms with Crippen molar-refractivity contribution in [2.75, 3.05) is 26.0 Å². The van der Waals surface area contributed by atoms with Crippen LogP contribution in [0.2, 0.25) is 0 Å². The molecule has 8 heteroatoms. The number of anilines is 1. The van der Waals surface area contributed by atoms with Crippen LogP contribution in [0.1, 0.15) is 71.0 Å². The molecule has 0 spiro atoms. The summed E-state index contributed by atoms with van der Waals surface area (Å²) in [5.74, 6) is -1.45. The molecule has 1 rings (SSSR count). The third-order valence-corrected chi connectivity index (χ3v) is 5.20. The number of carboxylic acid groups (broad SMARTS) is 1. The average Bonchev–Trinajstić information content (AvgIpc) is 2.89. The summed E-state index contributed by atoms with van der Waals surface area (Å²) in [4.78, 5) is 37.4. The Labute approximate surface area is 158 Å². The van der Waals surface area contributed by atoms with Crippen LogP contribution in [0.25, 0.3) is 0 Å². The molecule has 0 aliphatic rings. The molecule has 3 amide bonds. The molecule has 0 atom stereocenters. The fraction of sp³-hybridized carbons (Fsp3) is 0.611. The number of hydrogen-bond donors (Lipinski definition) is 3. The molecule has 0 radical (unpaired) electrons. The maximum Gasteiger partial charge on any atom is 0.339 e. The van der Waals surface area contributed by atoms with Gasteiger partial charge in [0.25, 0.3) is 5.91 Å². The van der Waals surface area contributed by atoms with Gasteiger partial charge in [-0.2, -0.15) is 0 Å². The standard InChI is InChI=1S/C18H29N3O4S/c1-5-6-7-8-9-10-11-19-18(25)20-15-13(17(23)24)12(2)14(26-15)16(22)21(3)4/h5-11H2,1-4H3,(H,23,24)(H2,19,20,25). The number of carboxylic acids is 1. The Morgan fingerprint density at radius 2 is 1.69 bits per heavy atom. The van der Waals surface area contributed by atoms with E-state index in [4.69, 9.17) is 0 Å². The lowest BCUT2D eigenvalue weighted by Gasteiger charge is -2.08. The van der Waals surface area contributed by atoms with Crippen LogP contribution in [0.15, 0.2) is 0 Å². The smallest absolute Gasteiger partial charge is 0.339 e. The number of carbonyl (C=O) groups is 3. The number of unbranched alkanes of at least 4 members (excludes halogenated alkanes) is 5. The van der Waals surface area contributed by atoms with Crippen LogP contribution in [0.3, 0.4) is 0 Å². The van der Waals surface area contributed by atoms with Gasteiger partial charge < -0.3 is 15.3 Å².